The van der Waals surface area contributed by atoms with Gasteiger partial charge in [0.25, 0.3) is 5.56 Å². The number of hydrogen-bond acceptors (Lipinski definition) is 2. The highest BCUT2D eigenvalue weighted by molar-refractivity contribution is 5.69. The Morgan fingerprint density at radius 2 is 1.37 bits per heavy atom. The second kappa shape index (κ2) is 7.38. The summed E-state index contributed by atoms with van der Waals surface area (Å²) < 4.78 is 15.4. The molecule has 0 radical (unpaired) electrons. The summed E-state index contributed by atoms with van der Waals surface area (Å²) in [5.74, 6) is -0.349. The van der Waals surface area contributed by atoms with Crippen molar-refractivity contribution in [1.82, 2.24) is 9.78 Å². The number of rotatable bonds is 4. The van der Waals surface area contributed by atoms with Crippen LogP contribution in [0.5, 0.6) is 0 Å². The number of hydrogen-bond donors (Lipinski definition) is 0. The molecule has 1 heterocycles. The molecule has 4 rings (SSSR count). The summed E-state index contributed by atoms with van der Waals surface area (Å²) in [6.45, 7) is 0.0754. The zero-order valence-corrected chi connectivity index (χ0v) is 14.5. The minimum absolute atomic E-state index is 0.0754. The van der Waals surface area contributed by atoms with E-state index in [0.29, 0.717) is 16.8 Å². The summed E-state index contributed by atoms with van der Waals surface area (Å²) in [6.07, 6.45) is 0. The van der Waals surface area contributed by atoms with Gasteiger partial charge in [-0.2, -0.15) is 5.10 Å². The van der Waals surface area contributed by atoms with Crippen molar-refractivity contribution in [2.24, 2.45) is 0 Å². The Hall–Kier alpha value is -3.53. The van der Waals surface area contributed by atoms with E-state index in [1.807, 2.05) is 60.7 Å². The predicted molar refractivity (Wildman–Crippen MR) is 105 cm³/mol. The summed E-state index contributed by atoms with van der Waals surface area (Å²) in [6, 6.07) is 27.3. The first kappa shape index (κ1) is 16.9. The first-order chi connectivity index (χ1) is 13.2. The zero-order valence-electron chi connectivity index (χ0n) is 14.5. The quantitative estimate of drug-likeness (QED) is 0.528. The average Bonchev–Trinajstić information content (AvgIpc) is 2.72. The fourth-order valence-corrected chi connectivity index (χ4v) is 3.01. The van der Waals surface area contributed by atoms with Crippen molar-refractivity contribution < 1.29 is 4.39 Å². The molecule has 132 valence electrons. The van der Waals surface area contributed by atoms with E-state index in [0.717, 1.165) is 11.1 Å². The standard InChI is InChI=1S/C23H17FN2O/c24-21-14-8-7-13-19(21)16-26-23(27)20(17-9-3-1-4-10-17)15-22(25-26)18-11-5-2-6-12-18/h1-15H,16H2. The van der Waals surface area contributed by atoms with Crippen LogP contribution in [0.25, 0.3) is 22.4 Å². The van der Waals surface area contributed by atoms with Crippen LogP contribution in [-0.2, 0) is 6.54 Å². The molecule has 3 nitrogen and oxygen atoms in total. The van der Waals surface area contributed by atoms with Gasteiger partial charge in [-0.05, 0) is 17.7 Å². The lowest BCUT2D eigenvalue weighted by Crippen LogP contribution is -2.25. The van der Waals surface area contributed by atoms with Gasteiger partial charge in [0.15, 0.2) is 0 Å². The molecule has 0 spiro atoms. The minimum atomic E-state index is -0.349. The molecule has 0 amide bonds. The third-order valence-corrected chi connectivity index (χ3v) is 4.41. The fraction of sp³-hybridized carbons (Fsp3) is 0.0435. The lowest BCUT2D eigenvalue weighted by Gasteiger charge is -2.12. The SMILES string of the molecule is O=c1c(-c2ccccc2)cc(-c2ccccc2)nn1Cc1ccccc1F. The third-order valence-electron chi connectivity index (χ3n) is 4.41. The summed E-state index contributed by atoms with van der Waals surface area (Å²) in [4.78, 5) is 13.0. The van der Waals surface area contributed by atoms with E-state index in [-0.39, 0.29) is 17.9 Å². The highest BCUT2D eigenvalue weighted by Crippen LogP contribution is 2.22. The van der Waals surface area contributed by atoms with Crippen LogP contribution in [0.3, 0.4) is 0 Å². The lowest BCUT2D eigenvalue weighted by molar-refractivity contribution is 0.574. The molecule has 0 N–H and O–H groups in total. The normalized spacial score (nSPS) is 10.7. The van der Waals surface area contributed by atoms with Gasteiger partial charge < -0.3 is 0 Å². The highest BCUT2D eigenvalue weighted by atomic mass is 19.1. The Morgan fingerprint density at radius 1 is 0.778 bits per heavy atom. The molecule has 4 aromatic rings. The van der Waals surface area contributed by atoms with Crippen molar-refractivity contribution >= 4 is 0 Å². The molecule has 4 heteroatoms. The molecule has 0 fully saturated rings. The van der Waals surface area contributed by atoms with Crippen molar-refractivity contribution in [3.63, 3.8) is 0 Å². The van der Waals surface area contributed by atoms with Crippen LogP contribution < -0.4 is 5.56 Å². The fourth-order valence-electron chi connectivity index (χ4n) is 3.01. The number of benzene rings is 3. The van der Waals surface area contributed by atoms with Crippen LogP contribution in [0.2, 0.25) is 0 Å². The molecule has 0 saturated carbocycles. The third kappa shape index (κ3) is 3.55. The van der Waals surface area contributed by atoms with Gasteiger partial charge in [0.05, 0.1) is 17.8 Å². The molecular weight excluding hydrogens is 339 g/mol. The van der Waals surface area contributed by atoms with Crippen LogP contribution in [0.1, 0.15) is 5.56 Å². The minimum Gasteiger partial charge on any atom is -0.267 e. The Labute approximate surface area is 156 Å². The summed E-state index contributed by atoms with van der Waals surface area (Å²) in [5, 5.41) is 4.50. The van der Waals surface area contributed by atoms with E-state index in [4.69, 9.17) is 0 Å². The number of nitrogens with zero attached hydrogens (tertiary/aromatic N) is 2. The second-order valence-electron chi connectivity index (χ2n) is 6.23. The van der Waals surface area contributed by atoms with Crippen molar-refractivity contribution in [1.29, 1.82) is 0 Å². The average molecular weight is 356 g/mol. The Bertz CT molecular complexity index is 1120. The summed E-state index contributed by atoms with van der Waals surface area (Å²) in [5.41, 5.74) is 3.10. The van der Waals surface area contributed by atoms with Crippen LogP contribution in [0.15, 0.2) is 95.8 Å². The van der Waals surface area contributed by atoms with Crippen molar-refractivity contribution in [3.8, 4) is 22.4 Å². The Balaban J connectivity index is 1.90. The van der Waals surface area contributed by atoms with Gasteiger partial charge in [-0.1, -0.05) is 78.9 Å². The molecule has 3 aromatic carbocycles. The molecule has 0 aliphatic rings. The van der Waals surface area contributed by atoms with Gasteiger partial charge in [-0.25, -0.2) is 9.07 Å². The molecule has 0 unspecified atom stereocenters. The van der Waals surface area contributed by atoms with E-state index in [2.05, 4.69) is 5.10 Å². The van der Waals surface area contributed by atoms with Gasteiger partial charge in [0.1, 0.15) is 5.82 Å². The molecule has 0 atom stereocenters. The van der Waals surface area contributed by atoms with Crippen molar-refractivity contribution in [3.05, 3.63) is 113 Å². The largest absolute Gasteiger partial charge is 0.274 e. The van der Waals surface area contributed by atoms with Gasteiger partial charge in [-0.3, -0.25) is 4.79 Å². The lowest BCUT2D eigenvalue weighted by atomic mass is 10.0. The van der Waals surface area contributed by atoms with Crippen molar-refractivity contribution in [2.75, 3.05) is 0 Å². The first-order valence-electron chi connectivity index (χ1n) is 8.69. The van der Waals surface area contributed by atoms with Gasteiger partial charge in [0.2, 0.25) is 0 Å². The Kier molecular flexibility index (Phi) is 4.62. The van der Waals surface area contributed by atoms with Gasteiger partial charge >= 0.3 is 0 Å². The molecule has 0 saturated heterocycles. The monoisotopic (exact) mass is 356 g/mol. The van der Waals surface area contributed by atoms with Crippen LogP contribution >= 0.6 is 0 Å². The van der Waals surface area contributed by atoms with Gasteiger partial charge in [0, 0.05) is 11.1 Å². The number of halogens is 1. The van der Waals surface area contributed by atoms with E-state index in [1.54, 1.807) is 24.3 Å². The maximum Gasteiger partial charge on any atom is 0.274 e. The van der Waals surface area contributed by atoms with Gasteiger partial charge in [-0.15, -0.1) is 0 Å². The Morgan fingerprint density at radius 3 is 2.04 bits per heavy atom. The van der Waals surface area contributed by atoms with E-state index in [1.165, 1.54) is 10.7 Å². The van der Waals surface area contributed by atoms with E-state index >= 15 is 0 Å². The molecule has 0 bridgehead atoms. The zero-order chi connectivity index (χ0) is 18.6. The molecule has 1 aromatic heterocycles. The predicted octanol–water partition coefficient (Wildman–Crippen LogP) is 4.76. The maximum atomic E-state index is 14.1. The molecule has 0 aliphatic heterocycles. The van der Waals surface area contributed by atoms with Crippen molar-refractivity contribution in [2.45, 2.75) is 6.54 Å². The number of aromatic nitrogens is 2. The second-order valence-corrected chi connectivity index (χ2v) is 6.23. The maximum absolute atomic E-state index is 14.1. The molecule has 0 aliphatic carbocycles. The van der Waals surface area contributed by atoms with Crippen LogP contribution in [0, 0.1) is 5.82 Å². The van der Waals surface area contributed by atoms with E-state index < -0.39 is 0 Å². The highest BCUT2D eigenvalue weighted by Gasteiger charge is 2.13. The smallest absolute Gasteiger partial charge is 0.267 e. The summed E-state index contributed by atoms with van der Waals surface area (Å²) in [7, 11) is 0. The topological polar surface area (TPSA) is 34.9 Å². The summed E-state index contributed by atoms with van der Waals surface area (Å²) >= 11 is 0. The molecule has 27 heavy (non-hydrogen) atoms. The first-order valence-corrected chi connectivity index (χ1v) is 8.69. The van der Waals surface area contributed by atoms with Crippen LogP contribution in [0.4, 0.5) is 4.39 Å². The van der Waals surface area contributed by atoms with E-state index in [9.17, 15) is 9.18 Å². The molecular formula is C23H17FN2O. The van der Waals surface area contributed by atoms with Crippen LogP contribution in [-0.4, -0.2) is 9.78 Å².